The second-order valence-electron chi connectivity index (χ2n) is 6.89. The molecule has 2 N–H and O–H groups in total. The van der Waals surface area contributed by atoms with Gasteiger partial charge < -0.3 is 19.9 Å². The number of ether oxygens (including phenoxy) is 2. The lowest BCUT2D eigenvalue weighted by Crippen LogP contribution is -2.64. The average Bonchev–Trinajstić information content (AvgIpc) is 2.95. The van der Waals surface area contributed by atoms with Crippen LogP contribution in [0.2, 0.25) is 0 Å². The number of rotatable bonds is 5. The fourth-order valence-electron chi connectivity index (χ4n) is 4.41. The predicted octanol–water partition coefficient (Wildman–Crippen LogP) is 1.86. The van der Waals surface area contributed by atoms with Crippen LogP contribution in [0, 0.1) is 5.41 Å². The Morgan fingerprint density at radius 2 is 1.90 bits per heavy atom. The summed E-state index contributed by atoms with van der Waals surface area (Å²) in [4.78, 5) is 0. The number of hydrogen-bond acceptors (Lipinski definition) is 4. The number of aliphatic hydroxyl groups is 1. The maximum absolute atomic E-state index is 10.6. The van der Waals surface area contributed by atoms with E-state index >= 15 is 0 Å². The molecule has 1 aliphatic heterocycles. The van der Waals surface area contributed by atoms with Gasteiger partial charge in [0.15, 0.2) is 0 Å². The molecule has 4 nitrogen and oxygen atoms in total. The number of hydrogen-bond donors (Lipinski definition) is 2. The molecule has 0 aromatic rings. The highest BCUT2D eigenvalue weighted by Gasteiger charge is 2.56. The SMILES string of the molecule is CCOC1CC(NCC2(O)CCOCC2)C12CCCC2. The minimum atomic E-state index is -0.561. The molecule has 0 aromatic carbocycles. The molecule has 2 atom stereocenters. The molecule has 0 aromatic heterocycles. The van der Waals surface area contributed by atoms with Crippen molar-refractivity contribution in [3.8, 4) is 0 Å². The van der Waals surface area contributed by atoms with E-state index in [0.717, 1.165) is 25.9 Å². The molecule has 20 heavy (non-hydrogen) atoms. The van der Waals surface area contributed by atoms with Gasteiger partial charge in [0.05, 0.1) is 11.7 Å². The molecule has 2 saturated carbocycles. The summed E-state index contributed by atoms with van der Waals surface area (Å²) in [7, 11) is 0. The Labute approximate surface area is 122 Å². The molecule has 1 spiro atoms. The first-order valence-corrected chi connectivity index (χ1v) is 8.34. The molecule has 3 rings (SSSR count). The predicted molar refractivity (Wildman–Crippen MR) is 77.7 cm³/mol. The summed E-state index contributed by atoms with van der Waals surface area (Å²) in [5.74, 6) is 0. The molecule has 2 aliphatic carbocycles. The molecular formula is C16H29NO3. The second-order valence-corrected chi connectivity index (χ2v) is 6.89. The zero-order valence-corrected chi connectivity index (χ0v) is 12.7. The van der Waals surface area contributed by atoms with Crippen LogP contribution in [0.1, 0.15) is 51.9 Å². The van der Waals surface area contributed by atoms with E-state index < -0.39 is 5.60 Å². The van der Waals surface area contributed by atoms with E-state index in [1.807, 2.05) is 0 Å². The van der Waals surface area contributed by atoms with Gasteiger partial charge in [-0.2, -0.15) is 0 Å². The summed E-state index contributed by atoms with van der Waals surface area (Å²) >= 11 is 0. The molecular weight excluding hydrogens is 254 g/mol. The van der Waals surface area contributed by atoms with Crippen molar-refractivity contribution in [2.75, 3.05) is 26.4 Å². The molecule has 0 amide bonds. The lowest BCUT2D eigenvalue weighted by molar-refractivity contribution is -0.137. The fourth-order valence-corrected chi connectivity index (χ4v) is 4.41. The Hall–Kier alpha value is -0.160. The van der Waals surface area contributed by atoms with Crippen molar-refractivity contribution in [1.29, 1.82) is 0 Å². The summed E-state index contributed by atoms with van der Waals surface area (Å²) in [6.07, 6.45) is 8.31. The Morgan fingerprint density at radius 3 is 2.55 bits per heavy atom. The second kappa shape index (κ2) is 5.91. The first-order chi connectivity index (χ1) is 9.69. The van der Waals surface area contributed by atoms with Crippen LogP contribution in [0.3, 0.4) is 0 Å². The van der Waals surface area contributed by atoms with E-state index in [1.54, 1.807) is 0 Å². The summed E-state index contributed by atoms with van der Waals surface area (Å²) in [6.45, 7) is 5.00. The Bertz CT molecular complexity index is 322. The normalized spacial score (nSPS) is 35.1. The topological polar surface area (TPSA) is 50.7 Å². The van der Waals surface area contributed by atoms with Gasteiger partial charge >= 0.3 is 0 Å². The zero-order valence-electron chi connectivity index (χ0n) is 12.7. The highest BCUT2D eigenvalue weighted by molar-refractivity contribution is 5.10. The lowest BCUT2D eigenvalue weighted by Gasteiger charge is -2.55. The van der Waals surface area contributed by atoms with Crippen molar-refractivity contribution in [3.05, 3.63) is 0 Å². The third-order valence-electron chi connectivity index (χ3n) is 5.79. The van der Waals surface area contributed by atoms with Gasteiger partial charge in [-0.25, -0.2) is 0 Å². The minimum Gasteiger partial charge on any atom is -0.388 e. The molecule has 3 fully saturated rings. The van der Waals surface area contributed by atoms with Crippen LogP contribution < -0.4 is 5.32 Å². The van der Waals surface area contributed by atoms with Crippen molar-refractivity contribution in [2.45, 2.75) is 69.6 Å². The summed E-state index contributed by atoms with van der Waals surface area (Å²) in [6, 6.07) is 0.536. The molecule has 0 bridgehead atoms. The fraction of sp³-hybridized carbons (Fsp3) is 1.00. The number of nitrogens with one attached hydrogen (secondary N) is 1. The lowest BCUT2D eigenvalue weighted by atomic mass is 9.60. The van der Waals surface area contributed by atoms with Crippen molar-refractivity contribution in [3.63, 3.8) is 0 Å². The van der Waals surface area contributed by atoms with Gasteiger partial charge in [0.2, 0.25) is 0 Å². The van der Waals surface area contributed by atoms with Crippen LogP contribution in [-0.4, -0.2) is 49.2 Å². The third kappa shape index (κ3) is 2.63. The molecule has 3 aliphatic rings. The van der Waals surface area contributed by atoms with E-state index in [0.29, 0.717) is 37.3 Å². The summed E-state index contributed by atoms with van der Waals surface area (Å²) in [5, 5.41) is 14.2. The van der Waals surface area contributed by atoms with Crippen molar-refractivity contribution >= 4 is 0 Å². The molecule has 1 heterocycles. The average molecular weight is 283 g/mol. The van der Waals surface area contributed by atoms with Gasteiger partial charge in [-0.15, -0.1) is 0 Å². The minimum absolute atomic E-state index is 0.359. The van der Waals surface area contributed by atoms with Gasteiger partial charge in [0.1, 0.15) is 0 Å². The Kier molecular flexibility index (Phi) is 4.37. The largest absolute Gasteiger partial charge is 0.388 e. The van der Waals surface area contributed by atoms with Crippen LogP contribution in [0.15, 0.2) is 0 Å². The zero-order chi connectivity index (χ0) is 14.1. The highest BCUT2D eigenvalue weighted by Crippen LogP contribution is 2.54. The summed E-state index contributed by atoms with van der Waals surface area (Å²) < 4.78 is 11.3. The van der Waals surface area contributed by atoms with E-state index in [9.17, 15) is 5.11 Å². The molecule has 116 valence electrons. The smallest absolute Gasteiger partial charge is 0.0815 e. The van der Waals surface area contributed by atoms with E-state index in [-0.39, 0.29) is 0 Å². The van der Waals surface area contributed by atoms with Crippen LogP contribution in [-0.2, 0) is 9.47 Å². The van der Waals surface area contributed by atoms with Crippen LogP contribution in [0.5, 0.6) is 0 Å². The van der Waals surface area contributed by atoms with Crippen molar-refractivity contribution in [2.24, 2.45) is 5.41 Å². The van der Waals surface area contributed by atoms with Gasteiger partial charge in [0.25, 0.3) is 0 Å². The van der Waals surface area contributed by atoms with E-state index in [4.69, 9.17) is 9.47 Å². The maximum Gasteiger partial charge on any atom is 0.0815 e. The van der Waals surface area contributed by atoms with Gasteiger partial charge in [-0.05, 0) is 26.2 Å². The van der Waals surface area contributed by atoms with Gasteiger partial charge in [0, 0.05) is 50.7 Å². The van der Waals surface area contributed by atoms with Gasteiger partial charge in [-0.3, -0.25) is 0 Å². The van der Waals surface area contributed by atoms with E-state index in [2.05, 4.69) is 12.2 Å². The Balaban J connectivity index is 1.55. The van der Waals surface area contributed by atoms with Gasteiger partial charge in [-0.1, -0.05) is 12.8 Å². The Morgan fingerprint density at radius 1 is 1.20 bits per heavy atom. The van der Waals surface area contributed by atoms with Crippen molar-refractivity contribution < 1.29 is 14.6 Å². The molecule has 1 saturated heterocycles. The first-order valence-electron chi connectivity index (χ1n) is 8.34. The van der Waals surface area contributed by atoms with Crippen LogP contribution in [0.4, 0.5) is 0 Å². The van der Waals surface area contributed by atoms with E-state index in [1.165, 1.54) is 25.7 Å². The molecule has 2 unspecified atom stereocenters. The first kappa shape index (κ1) is 14.8. The molecule has 4 heteroatoms. The quantitative estimate of drug-likeness (QED) is 0.808. The highest BCUT2D eigenvalue weighted by atomic mass is 16.5. The summed E-state index contributed by atoms with van der Waals surface area (Å²) in [5.41, 5.74) is -0.202. The standard InChI is InChI=1S/C16H29NO3/c1-2-20-14-11-13(16(14)5-3-4-6-16)17-12-15(18)7-9-19-10-8-15/h13-14,17-18H,2-12H2,1H3. The van der Waals surface area contributed by atoms with Crippen LogP contribution >= 0.6 is 0 Å². The maximum atomic E-state index is 10.6. The molecule has 0 radical (unpaired) electrons. The van der Waals surface area contributed by atoms with Crippen LogP contribution in [0.25, 0.3) is 0 Å². The van der Waals surface area contributed by atoms with Crippen molar-refractivity contribution in [1.82, 2.24) is 5.32 Å². The monoisotopic (exact) mass is 283 g/mol. The third-order valence-corrected chi connectivity index (χ3v) is 5.79.